The molecule has 162 valence electrons. The third kappa shape index (κ3) is 5.72. The lowest BCUT2D eigenvalue weighted by Gasteiger charge is -2.32. The Balaban J connectivity index is 1.45. The molecule has 0 atom stereocenters. The molecule has 8 nitrogen and oxygen atoms in total. The van der Waals surface area contributed by atoms with Crippen LogP contribution in [0.5, 0.6) is 0 Å². The summed E-state index contributed by atoms with van der Waals surface area (Å²) in [5.41, 5.74) is 0.731. The van der Waals surface area contributed by atoms with Crippen LogP contribution in [0.3, 0.4) is 0 Å². The average Bonchev–Trinajstić information content (AvgIpc) is 3.16. The molecule has 11 heteroatoms. The number of likely N-dealkylation sites (N-methyl/N-ethyl adjacent to an activating group) is 1. The van der Waals surface area contributed by atoms with Crippen LogP contribution < -0.4 is 10.6 Å². The van der Waals surface area contributed by atoms with E-state index in [1.165, 1.54) is 19.2 Å². The van der Waals surface area contributed by atoms with E-state index in [2.05, 4.69) is 10.6 Å². The van der Waals surface area contributed by atoms with Gasteiger partial charge in [-0.05, 0) is 37.1 Å². The van der Waals surface area contributed by atoms with Crippen LogP contribution in [0.15, 0.2) is 46.7 Å². The van der Waals surface area contributed by atoms with Crippen molar-refractivity contribution in [1.29, 1.82) is 0 Å². The van der Waals surface area contributed by atoms with E-state index in [9.17, 15) is 18.0 Å². The minimum absolute atomic E-state index is 0.0977. The van der Waals surface area contributed by atoms with Crippen molar-refractivity contribution in [3.63, 3.8) is 0 Å². The molecule has 1 aliphatic rings. The zero-order valence-electron chi connectivity index (χ0n) is 16.4. The number of anilines is 1. The summed E-state index contributed by atoms with van der Waals surface area (Å²) in [5, 5.41) is 5.71. The third-order valence-electron chi connectivity index (χ3n) is 4.75. The lowest BCUT2D eigenvalue weighted by atomic mass is 10.1. The van der Waals surface area contributed by atoms with E-state index >= 15 is 0 Å². The molecule has 2 heterocycles. The summed E-state index contributed by atoms with van der Waals surface area (Å²) >= 11 is 6.76. The average molecular weight is 471 g/mol. The quantitative estimate of drug-likeness (QED) is 0.678. The highest BCUT2D eigenvalue weighted by atomic mass is 35.5. The molecule has 0 spiro atoms. The van der Waals surface area contributed by atoms with E-state index in [1.807, 2.05) is 30.3 Å². The first-order valence-electron chi connectivity index (χ1n) is 9.38. The zero-order chi connectivity index (χ0) is 21.7. The molecule has 0 radical (unpaired) electrons. The molecule has 1 fully saturated rings. The van der Waals surface area contributed by atoms with Crippen LogP contribution in [0.2, 0.25) is 4.34 Å². The summed E-state index contributed by atoms with van der Waals surface area (Å²) in [5.74, 6) is -0.379. The van der Waals surface area contributed by atoms with Crippen molar-refractivity contribution in [3.05, 3.63) is 46.8 Å². The number of sulfonamides is 1. The molecular weight excluding hydrogens is 448 g/mol. The fourth-order valence-corrected chi connectivity index (χ4v) is 5.92. The molecule has 1 aromatic carbocycles. The van der Waals surface area contributed by atoms with Crippen LogP contribution in [-0.4, -0.2) is 62.3 Å². The number of piperidine rings is 1. The molecule has 2 aromatic rings. The van der Waals surface area contributed by atoms with Crippen LogP contribution in [0.1, 0.15) is 12.8 Å². The highest BCUT2D eigenvalue weighted by molar-refractivity contribution is 7.91. The van der Waals surface area contributed by atoms with Gasteiger partial charge in [-0.25, -0.2) is 13.2 Å². The number of thiophene rings is 1. The Bertz CT molecular complexity index is 989. The number of hydrogen-bond acceptors (Lipinski definition) is 5. The van der Waals surface area contributed by atoms with Crippen molar-refractivity contribution >= 4 is 50.6 Å². The van der Waals surface area contributed by atoms with E-state index < -0.39 is 10.0 Å². The van der Waals surface area contributed by atoms with Gasteiger partial charge < -0.3 is 15.5 Å². The molecule has 1 aliphatic heterocycles. The van der Waals surface area contributed by atoms with Crippen LogP contribution >= 0.6 is 22.9 Å². The minimum Gasteiger partial charge on any atom is -0.352 e. The minimum atomic E-state index is -3.76. The lowest BCUT2D eigenvalue weighted by Crippen LogP contribution is -2.49. The van der Waals surface area contributed by atoms with Gasteiger partial charge >= 0.3 is 6.03 Å². The van der Waals surface area contributed by atoms with Gasteiger partial charge in [-0.15, -0.1) is 11.3 Å². The van der Waals surface area contributed by atoms with Crippen LogP contribution in [0, 0.1) is 0 Å². The number of rotatable bonds is 6. The van der Waals surface area contributed by atoms with Crippen molar-refractivity contribution in [2.75, 3.05) is 32.0 Å². The number of carbonyl (C=O) groups is 2. The van der Waals surface area contributed by atoms with Gasteiger partial charge in [-0.1, -0.05) is 29.8 Å². The first kappa shape index (κ1) is 22.5. The molecular formula is C19H23ClN4O4S2. The van der Waals surface area contributed by atoms with Crippen LogP contribution in [0.4, 0.5) is 10.5 Å². The fraction of sp³-hybridized carbons (Fsp3) is 0.368. The van der Waals surface area contributed by atoms with Gasteiger partial charge in [0.2, 0.25) is 5.91 Å². The van der Waals surface area contributed by atoms with Crippen molar-refractivity contribution < 1.29 is 18.0 Å². The van der Waals surface area contributed by atoms with E-state index in [4.69, 9.17) is 11.6 Å². The van der Waals surface area contributed by atoms with E-state index in [-0.39, 0.29) is 28.7 Å². The lowest BCUT2D eigenvalue weighted by molar-refractivity contribution is -0.122. The SMILES string of the molecule is CN(CC(=O)NC1CCN(C(=O)Nc2ccccc2)CC1)S(=O)(=O)c1ccc(Cl)s1. The summed E-state index contributed by atoms with van der Waals surface area (Å²) in [6, 6.07) is 11.9. The van der Waals surface area contributed by atoms with Gasteiger partial charge in [0.15, 0.2) is 0 Å². The molecule has 0 aliphatic carbocycles. The Morgan fingerprint density at radius 3 is 2.43 bits per heavy atom. The van der Waals surface area contributed by atoms with Crippen LogP contribution in [0.25, 0.3) is 0 Å². The highest BCUT2D eigenvalue weighted by Crippen LogP contribution is 2.27. The summed E-state index contributed by atoms with van der Waals surface area (Å²) < 4.78 is 26.5. The Hall–Kier alpha value is -2.14. The number of likely N-dealkylation sites (tertiary alicyclic amines) is 1. The van der Waals surface area contributed by atoms with Gasteiger partial charge in [0, 0.05) is 31.9 Å². The smallest absolute Gasteiger partial charge is 0.321 e. The normalized spacial score (nSPS) is 15.2. The monoisotopic (exact) mass is 470 g/mol. The highest BCUT2D eigenvalue weighted by Gasteiger charge is 2.27. The zero-order valence-corrected chi connectivity index (χ0v) is 18.8. The summed E-state index contributed by atoms with van der Waals surface area (Å²) in [4.78, 5) is 26.4. The number of para-hydroxylation sites is 1. The number of amides is 3. The molecule has 3 rings (SSSR count). The predicted molar refractivity (Wildman–Crippen MR) is 117 cm³/mol. The Kier molecular flexibility index (Phi) is 7.35. The first-order valence-corrected chi connectivity index (χ1v) is 12.0. The second-order valence-electron chi connectivity index (χ2n) is 6.94. The molecule has 0 saturated carbocycles. The van der Waals surface area contributed by atoms with Crippen molar-refractivity contribution in [3.8, 4) is 0 Å². The molecule has 3 amide bonds. The number of carbonyl (C=O) groups excluding carboxylic acids is 2. The topological polar surface area (TPSA) is 98.8 Å². The standard InChI is InChI=1S/C19H23ClN4O4S2/c1-23(30(27,28)18-8-7-16(20)29-18)13-17(25)21-15-9-11-24(12-10-15)19(26)22-14-5-3-2-4-6-14/h2-8,15H,9-13H2,1H3,(H,21,25)(H,22,26). The van der Waals surface area contributed by atoms with Crippen molar-refractivity contribution in [1.82, 2.24) is 14.5 Å². The van der Waals surface area contributed by atoms with E-state index in [0.717, 1.165) is 21.3 Å². The Labute approximate surface area is 184 Å². The van der Waals surface area contributed by atoms with Crippen molar-refractivity contribution in [2.45, 2.75) is 23.1 Å². The Morgan fingerprint density at radius 2 is 1.83 bits per heavy atom. The number of nitrogens with one attached hydrogen (secondary N) is 2. The molecule has 1 aromatic heterocycles. The van der Waals surface area contributed by atoms with E-state index in [0.29, 0.717) is 30.3 Å². The maximum absolute atomic E-state index is 12.5. The van der Waals surface area contributed by atoms with Gasteiger partial charge in [0.1, 0.15) is 4.21 Å². The molecule has 30 heavy (non-hydrogen) atoms. The van der Waals surface area contributed by atoms with Gasteiger partial charge in [0.05, 0.1) is 10.9 Å². The van der Waals surface area contributed by atoms with Crippen molar-refractivity contribution in [2.24, 2.45) is 0 Å². The molecule has 0 bridgehead atoms. The largest absolute Gasteiger partial charge is 0.352 e. The summed E-state index contributed by atoms with van der Waals surface area (Å²) in [6.45, 7) is 0.726. The maximum Gasteiger partial charge on any atom is 0.321 e. The van der Waals surface area contributed by atoms with Gasteiger partial charge in [-0.2, -0.15) is 4.31 Å². The number of hydrogen-bond donors (Lipinski definition) is 2. The van der Waals surface area contributed by atoms with Gasteiger partial charge in [0.25, 0.3) is 10.0 Å². The second-order valence-corrected chi connectivity index (χ2v) is 10.9. The van der Waals surface area contributed by atoms with Crippen LogP contribution in [-0.2, 0) is 14.8 Å². The second kappa shape index (κ2) is 9.78. The number of nitrogens with zero attached hydrogens (tertiary/aromatic N) is 2. The Morgan fingerprint density at radius 1 is 1.17 bits per heavy atom. The molecule has 0 unspecified atom stereocenters. The predicted octanol–water partition coefficient (Wildman–Crippen LogP) is 2.83. The van der Waals surface area contributed by atoms with E-state index in [1.54, 1.807) is 4.90 Å². The molecule has 2 N–H and O–H groups in total. The maximum atomic E-state index is 12.5. The molecule has 1 saturated heterocycles. The third-order valence-corrected chi connectivity index (χ3v) is 8.25. The number of benzene rings is 1. The number of halogens is 1. The summed E-state index contributed by atoms with van der Waals surface area (Å²) in [6.07, 6.45) is 1.20. The van der Waals surface area contributed by atoms with Gasteiger partial charge in [-0.3, -0.25) is 4.79 Å². The fourth-order valence-electron chi connectivity index (χ4n) is 3.10. The first-order chi connectivity index (χ1) is 14.3. The summed E-state index contributed by atoms with van der Waals surface area (Å²) in [7, 11) is -2.40. The number of urea groups is 1.